The van der Waals surface area contributed by atoms with Gasteiger partial charge in [0.2, 0.25) is 0 Å². The summed E-state index contributed by atoms with van der Waals surface area (Å²) in [5.41, 5.74) is 6.65. The lowest BCUT2D eigenvalue weighted by molar-refractivity contribution is 0.649. The number of fused-ring (bicyclic) bond motifs is 2. The largest absolute Gasteiger partial charge is 0.307 e. The van der Waals surface area contributed by atoms with Crippen molar-refractivity contribution in [1.29, 1.82) is 0 Å². The van der Waals surface area contributed by atoms with Crippen LogP contribution < -0.4 is 0 Å². The summed E-state index contributed by atoms with van der Waals surface area (Å²) in [5.74, 6) is 0. The van der Waals surface area contributed by atoms with Crippen LogP contribution in [0.15, 0.2) is 67.5 Å². The van der Waals surface area contributed by atoms with Gasteiger partial charge in [-0.05, 0) is 49.2 Å². The Morgan fingerprint density at radius 2 is 1.79 bits per heavy atom. The number of imidazole rings is 1. The molecule has 1 aromatic carbocycles. The second kappa shape index (κ2) is 6.49. The molecule has 0 aliphatic rings. The molecule has 0 amide bonds. The highest BCUT2D eigenvalue weighted by molar-refractivity contribution is 5.83. The Kier molecular flexibility index (Phi) is 3.83. The summed E-state index contributed by atoms with van der Waals surface area (Å²) in [4.78, 5) is 22.3. The highest BCUT2D eigenvalue weighted by atomic mass is 15.1. The van der Waals surface area contributed by atoms with Crippen molar-refractivity contribution in [3.05, 3.63) is 78.6 Å². The van der Waals surface area contributed by atoms with Crippen LogP contribution in [0.3, 0.4) is 0 Å². The lowest BCUT2D eigenvalue weighted by atomic mass is 9.98. The molecule has 136 valence electrons. The molecule has 5 aromatic rings. The molecular formula is C22H18N6. The summed E-state index contributed by atoms with van der Waals surface area (Å²) in [6.45, 7) is 4.30. The third kappa shape index (κ3) is 2.62. The molecule has 6 heteroatoms. The van der Waals surface area contributed by atoms with Crippen LogP contribution >= 0.6 is 0 Å². The molecule has 4 aromatic heterocycles. The zero-order chi connectivity index (χ0) is 19.1. The number of aryl methyl sites for hydroxylation is 1. The monoisotopic (exact) mass is 366 g/mol. The van der Waals surface area contributed by atoms with Crippen LogP contribution in [0, 0.1) is 6.92 Å². The lowest BCUT2D eigenvalue weighted by Gasteiger charge is -2.18. The van der Waals surface area contributed by atoms with Gasteiger partial charge >= 0.3 is 0 Å². The molecule has 28 heavy (non-hydrogen) atoms. The zero-order valence-electron chi connectivity index (χ0n) is 15.6. The van der Waals surface area contributed by atoms with Gasteiger partial charge in [0.1, 0.15) is 0 Å². The highest BCUT2D eigenvalue weighted by Crippen LogP contribution is 2.29. The smallest absolute Gasteiger partial charge is 0.197 e. The van der Waals surface area contributed by atoms with Gasteiger partial charge in [-0.2, -0.15) is 0 Å². The van der Waals surface area contributed by atoms with Crippen LogP contribution in [-0.2, 0) is 0 Å². The molecule has 0 spiro atoms. The number of hydrogen-bond donors (Lipinski definition) is 0. The molecule has 0 saturated carbocycles. The van der Waals surface area contributed by atoms with Crippen molar-refractivity contribution in [2.45, 2.75) is 19.9 Å². The molecule has 0 radical (unpaired) electrons. The Labute approximate surface area is 162 Å². The lowest BCUT2D eigenvalue weighted by Crippen LogP contribution is -2.08. The summed E-state index contributed by atoms with van der Waals surface area (Å²) in [5, 5.41) is 1.17. The van der Waals surface area contributed by atoms with E-state index in [4.69, 9.17) is 4.98 Å². The molecular weight excluding hydrogens is 348 g/mol. The molecule has 5 rings (SSSR count). The summed E-state index contributed by atoms with van der Waals surface area (Å²) < 4.78 is 2.08. The average molecular weight is 366 g/mol. The van der Waals surface area contributed by atoms with Crippen LogP contribution in [0.25, 0.3) is 33.5 Å². The third-order valence-corrected chi connectivity index (χ3v) is 5.22. The Morgan fingerprint density at radius 3 is 2.64 bits per heavy atom. The topological polar surface area (TPSA) is 69.4 Å². The van der Waals surface area contributed by atoms with Crippen molar-refractivity contribution < 1.29 is 0 Å². The number of benzene rings is 1. The standard InChI is InChI=1S/C22H18N6/c1-14-17(5-6-19-18(14)4-3-9-24-19)15(2)28-13-26-21-22(28)27-20(12-25-21)16-7-10-23-11-8-16/h3-13,15H,1-2H3. The molecule has 0 fully saturated rings. The van der Waals surface area contributed by atoms with E-state index in [1.54, 1.807) is 18.6 Å². The van der Waals surface area contributed by atoms with Gasteiger partial charge in [0, 0.05) is 29.5 Å². The first kappa shape index (κ1) is 16.5. The van der Waals surface area contributed by atoms with Crippen molar-refractivity contribution in [1.82, 2.24) is 29.5 Å². The molecule has 1 unspecified atom stereocenters. The van der Waals surface area contributed by atoms with Crippen molar-refractivity contribution in [3.63, 3.8) is 0 Å². The molecule has 4 heterocycles. The fourth-order valence-corrected chi connectivity index (χ4v) is 3.67. The summed E-state index contributed by atoms with van der Waals surface area (Å²) in [6, 6.07) is 12.2. The molecule has 6 nitrogen and oxygen atoms in total. The molecule has 1 atom stereocenters. The highest BCUT2D eigenvalue weighted by Gasteiger charge is 2.17. The van der Waals surface area contributed by atoms with E-state index >= 15 is 0 Å². The fourth-order valence-electron chi connectivity index (χ4n) is 3.67. The number of aromatic nitrogens is 6. The van der Waals surface area contributed by atoms with Crippen molar-refractivity contribution in [2.75, 3.05) is 0 Å². The summed E-state index contributed by atoms with van der Waals surface area (Å²) in [6.07, 6.45) is 8.91. The van der Waals surface area contributed by atoms with Crippen LogP contribution in [0.4, 0.5) is 0 Å². The minimum absolute atomic E-state index is 0.0663. The first-order valence-corrected chi connectivity index (χ1v) is 9.16. The number of rotatable bonds is 3. The normalized spacial score (nSPS) is 12.5. The minimum atomic E-state index is 0.0663. The Bertz CT molecular complexity index is 1290. The van der Waals surface area contributed by atoms with E-state index in [0.29, 0.717) is 5.65 Å². The molecule has 0 saturated heterocycles. The minimum Gasteiger partial charge on any atom is -0.307 e. The SMILES string of the molecule is Cc1c(C(C)n2cnc3ncc(-c4ccncc4)nc32)ccc2ncccc12. The molecule has 0 N–H and O–H groups in total. The zero-order valence-corrected chi connectivity index (χ0v) is 15.6. The van der Waals surface area contributed by atoms with E-state index < -0.39 is 0 Å². The predicted octanol–water partition coefficient (Wildman–Crippen LogP) is 4.35. The van der Waals surface area contributed by atoms with Crippen molar-refractivity contribution >= 4 is 22.2 Å². The average Bonchev–Trinajstić information content (AvgIpc) is 3.18. The van der Waals surface area contributed by atoms with Gasteiger partial charge in [0.05, 0.1) is 29.8 Å². The number of hydrogen-bond acceptors (Lipinski definition) is 5. The van der Waals surface area contributed by atoms with Gasteiger partial charge in [-0.3, -0.25) is 9.97 Å². The number of nitrogens with zero attached hydrogens (tertiary/aromatic N) is 6. The van der Waals surface area contributed by atoms with Crippen molar-refractivity contribution in [2.24, 2.45) is 0 Å². The second-order valence-electron chi connectivity index (χ2n) is 6.82. The van der Waals surface area contributed by atoms with Crippen LogP contribution in [0.5, 0.6) is 0 Å². The molecule has 0 bridgehead atoms. The maximum atomic E-state index is 4.84. The first-order chi connectivity index (χ1) is 13.7. The van der Waals surface area contributed by atoms with E-state index in [1.165, 1.54) is 16.5 Å². The van der Waals surface area contributed by atoms with Crippen molar-refractivity contribution in [3.8, 4) is 11.3 Å². The predicted molar refractivity (Wildman–Crippen MR) is 109 cm³/mol. The maximum absolute atomic E-state index is 4.84. The van der Waals surface area contributed by atoms with Gasteiger partial charge in [-0.25, -0.2) is 15.0 Å². The number of pyridine rings is 2. The first-order valence-electron chi connectivity index (χ1n) is 9.16. The van der Waals surface area contributed by atoms with Gasteiger partial charge < -0.3 is 4.57 Å². The second-order valence-corrected chi connectivity index (χ2v) is 6.82. The van der Waals surface area contributed by atoms with E-state index in [-0.39, 0.29) is 6.04 Å². The summed E-state index contributed by atoms with van der Waals surface area (Å²) in [7, 11) is 0. The Morgan fingerprint density at radius 1 is 0.929 bits per heavy atom. The van der Waals surface area contributed by atoms with E-state index in [1.807, 2.05) is 30.7 Å². The van der Waals surface area contributed by atoms with Gasteiger partial charge in [0.15, 0.2) is 11.3 Å². The van der Waals surface area contributed by atoms with E-state index in [0.717, 1.165) is 22.4 Å². The summed E-state index contributed by atoms with van der Waals surface area (Å²) >= 11 is 0. The van der Waals surface area contributed by atoms with Gasteiger partial charge in [-0.15, -0.1) is 0 Å². The van der Waals surface area contributed by atoms with Gasteiger partial charge in [0.25, 0.3) is 0 Å². The fraction of sp³-hybridized carbons (Fsp3) is 0.136. The van der Waals surface area contributed by atoms with Gasteiger partial charge in [-0.1, -0.05) is 12.1 Å². The van der Waals surface area contributed by atoms with Crippen LogP contribution in [0.1, 0.15) is 24.1 Å². The van der Waals surface area contributed by atoms with Crippen LogP contribution in [-0.4, -0.2) is 29.5 Å². The van der Waals surface area contributed by atoms with Crippen LogP contribution in [0.2, 0.25) is 0 Å². The molecule has 0 aliphatic heterocycles. The molecule has 0 aliphatic carbocycles. The Balaban J connectivity index is 1.64. The maximum Gasteiger partial charge on any atom is 0.197 e. The van der Waals surface area contributed by atoms with E-state index in [2.05, 4.69) is 56.5 Å². The third-order valence-electron chi connectivity index (χ3n) is 5.22. The van der Waals surface area contributed by atoms with E-state index in [9.17, 15) is 0 Å². The Hall–Kier alpha value is -3.67. The quantitative estimate of drug-likeness (QED) is 0.475.